The first-order chi connectivity index (χ1) is 17.0. The van der Waals surface area contributed by atoms with Crippen molar-refractivity contribution in [3.63, 3.8) is 0 Å². The molecule has 2 aromatic rings. The van der Waals surface area contributed by atoms with Crippen LogP contribution >= 0.6 is 0 Å². The normalized spacial score (nSPS) is 19.3. The van der Waals surface area contributed by atoms with E-state index in [9.17, 15) is 19.5 Å². The Bertz CT molecular complexity index is 1120. The molecule has 3 unspecified atom stereocenters. The van der Waals surface area contributed by atoms with Gasteiger partial charge in [0, 0.05) is 18.4 Å². The van der Waals surface area contributed by atoms with Gasteiger partial charge in [0.25, 0.3) is 0 Å². The molecule has 2 aliphatic rings. The Balaban J connectivity index is 1.40. The molecule has 0 aromatic heterocycles. The van der Waals surface area contributed by atoms with Gasteiger partial charge in [0.15, 0.2) is 0 Å². The zero-order valence-electron chi connectivity index (χ0n) is 19.8. The third-order valence-electron chi connectivity index (χ3n) is 6.85. The summed E-state index contributed by atoms with van der Waals surface area (Å²) in [5.74, 6) is 3.50. The van der Waals surface area contributed by atoms with E-state index in [4.69, 9.17) is 4.74 Å². The Labute approximate surface area is 205 Å². The Hall–Kier alpha value is -3.79. The van der Waals surface area contributed by atoms with Gasteiger partial charge in [-0.2, -0.15) is 0 Å². The molecule has 2 aromatic carbocycles. The summed E-state index contributed by atoms with van der Waals surface area (Å²) in [6.45, 7) is 1.79. The average Bonchev–Trinajstić information content (AvgIpc) is 3.19. The number of hydrogen-bond acceptors (Lipinski definition) is 4. The lowest BCUT2D eigenvalue weighted by Gasteiger charge is -2.30. The number of amides is 2. The number of fused-ring (bicyclic) bond motifs is 3. The zero-order valence-corrected chi connectivity index (χ0v) is 19.8. The maximum absolute atomic E-state index is 13.0. The predicted molar refractivity (Wildman–Crippen MR) is 132 cm³/mol. The van der Waals surface area contributed by atoms with Crippen LogP contribution in [0.15, 0.2) is 48.5 Å². The first-order valence-corrected chi connectivity index (χ1v) is 12.0. The molecule has 0 radical (unpaired) electrons. The van der Waals surface area contributed by atoms with Crippen LogP contribution in [0.3, 0.4) is 0 Å². The van der Waals surface area contributed by atoms with Crippen LogP contribution in [0.5, 0.6) is 0 Å². The molecule has 0 saturated heterocycles. The van der Waals surface area contributed by atoms with Crippen LogP contribution in [0.1, 0.15) is 56.1 Å². The maximum Gasteiger partial charge on any atom is 0.407 e. The minimum atomic E-state index is -0.936. The van der Waals surface area contributed by atoms with E-state index in [1.165, 1.54) is 0 Å². The molecule has 4 rings (SSSR count). The van der Waals surface area contributed by atoms with Crippen LogP contribution in [-0.4, -0.2) is 41.8 Å². The Morgan fingerprint density at radius 1 is 1.03 bits per heavy atom. The van der Waals surface area contributed by atoms with E-state index >= 15 is 0 Å². The maximum atomic E-state index is 13.0. The summed E-state index contributed by atoms with van der Waals surface area (Å²) in [6, 6.07) is 14.7. The summed E-state index contributed by atoms with van der Waals surface area (Å²) >= 11 is 0. The molecule has 35 heavy (non-hydrogen) atoms. The summed E-state index contributed by atoms with van der Waals surface area (Å²) in [5.41, 5.74) is 4.47. The lowest BCUT2D eigenvalue weighted by atomic mass is 9.84. The van der Waals surface area contributed by atoms with Gasteiger partial charge in [0.2, 0.25) is 5.91 Å². The largest absolute Gasteiger partial charge is 0.481 e. The third kappa shape index (κ3) is 5.48. The van der Waals surface area contributed by atoms with Crippen molar-refractivity contribution in [1.82, 2.24) is 10.6 Å². The van der Waals surface area contributed by atoms with Crippen molar-refractivity contribution in [2.45, 2.75) is 57.0 Å². The van der Waals surface area contributed by atoms with E-state index in [1.807, 2.05) is 36.4 Å². The monoisotopic (exact) mass is 474 g/mol. The van der Waals surface area contributed by atoms with Crippen LogP contribution < -0.4 is 10.6 Å². The average molecular weight is 475 g/mol. The molecule has 1 fully saturated rings. The second-order valence-electron chi connectivity index (χ2n) is 9.00. The number of aliphatic carboxylic acids is 1. The fraction of sp³-hybridized carbons (Fsp3) is 0.393. The van der Waals surface area contributed by atoms with Crippen molar-refractivity contribution in [1.29, 1.82) is 0 Å². The lowest BCUT2D eigenvalue weighted by molar-refractivity contribution is -0.144. The van der Waals surface area contributed by atoms with E-state index in [0.29, 0.717) is 12.8 Å². The number of rotatable bonds is 7. The first-order valence-electron chi connectivity index (χ1n) is 12.0. The third-order valence-corrected chi connectivity index (χ3v) is 6.85. The SMILES string of the molecule is CC#CCC(NC(=O)OCC1c2ccccc2-c2ccccc21)C(=O)NC1CCCCC1C(=O)O. The Morgan fingerprint density at radius 3 is 2.29 bits per heavy atom. The van der Waals surface area contributed by atoms with Crippen LogP contribution in [0.25, 0.3) is 11.1 Å². The summed E-state index contributed by atoms with van der Waals surface area (Å²) in [4.78, 5) is 37.3. The van der Waals surface area contributed by atoms with E-state index < -0.39 is 36.0 Å². The summed E-state index contributed by atoms with van der Waals surface area (Å²) in [7, 11) is 0. The Kier molecular flexibility index (Phi) is 7.71. The molecule has 7 nitrogen and oxygen atoms in total. The molecule has 1 saturated carbocycles. The lowest BCUT2D eigenvalue weighted by Crippen LogP contribution is -2.53. The predicted octanol–water partition coefficient (Wildman–Crippen LogP) is 4.07. The number of nitrogens with one attached hydrogen (secondary N) is 2. The van der Waals surface area contributed by atoms with Gasteiger partial charge < -0.3 is 20.5 Å². The molecular weight excluding hydrogens is 444 g/mol. The molecular formula is C28H30N2O5. The van der Waals surface area contributed by atoms with Gasteiger partial charge >= 0.3 is 12.1 Å². The zero-order chi connectivity index (χ0) is 24.8. The highest BCUT2D eigenvalue weighted by Gasteiger charge is 2.34. The number of carboxylic acids is 1. The van der Waals surface area contributed by atoms with E-state index in [-0.39, 0.29) is 18.9 Å². The van der Waals surface area contributed by atoms with Gasteiger partial charge in [0.1, 0.15) is 12.6 Å². The van der Waals surface area contributed by atoms with Crippen molar-refractivity contribution in [3.8, 4) is 23.0 Å². The number of hydrogen-bond donors (Lipinski definition) is 3. The molecule has 2 aliphatic carbocycles. The van der Waals surface area contributed by atoms with Gasteiger partial charge in [0.05, 0.1) is 5.92 Å². The Morgan fingerprint density at radius 2 is 1.66 bits per heavy atom. The molecule has 2 amide bonds. The van der Waals surface area contributed by atoms with Crippen LogP contribution in [0.4, 0.5) is 4.79 Å². The molecule has 7 heteroatoms. The van der Waals surface area contributed by atoms with Crippen molar-refractivity contribution < 1.29 is 24.2 Å². The van der Waals surface area contributed by atoms with Crippen LogP contribution in [-0.2, 0) is 14.3 Å². The quantitative estimate of drug-likeness (QED) is 0.525. The fourth-order valence-electron chi connectivity index (χ4n) is 5.08. The van der Waals surface area contributed by atoms with Gasteiger partial charge in [-0.1, -0.05) is 61.4 Å². The smallest absolute Gasteiger partial charge is 0.407 e. The minimum Gasteiger partial charge on any atom is -0.481 e. The van der Waals surface area contributed by atoms with Crippen molar-refractivity contribution in [3.05, 3.63) is 59.7 Å². The molecule has 3 N–H and O–H groups in total. The molecule has 0 bridgehead atoms. The fourth-order valence-corrected chi connectivity index (χ4v) is 5.08. The standard InChI is InChI=1S/C28H30N2O5/c1-2-3-15-25(26(31)29-24-16-9-8-14-22(24)27(32)33)30-28(34)35-17-23-20-12-6-4-10-18(20)19-11-5-7-13-21(19)23/h4-7,10-13,22-25H,8-9,14-17H2,1H3,(H,29,31)(H,30,34)(H,32,33). The van der Waals surface area contributed by atoms with Gasteiger partial charge in [-0.05, 0) is 42.0 Å². The molecule has 0 spiro atoms. The second kappa shape index (κ2) is 11.1. The highest BCUT2D eigenvalue weighted by atomic mass is 16.5. The highest BCUT2D eigenvalue weighted by Crippen LogP contribution is 2.44. The van der Waals surface area contributed by atoms with Gasteiger partial charge in [-0.15, -0.1) is 11.8 Å². The summed E-state index contributed by atoms with van der Waals surface area (Å²) in [5, 5.41) is 15.0. The summed E-state index contributed by atoms with van der Waals surface area (Å²) < 4.78 is 5.58. The number of carboxylic acid groups (broad SMARTS) is 1. The van der Waals surface area contributed by atoms with E-state index in [0.717, 1.165) is 35.1 Å². The molecule has 182 valence electrons. The van der Waals surface area contributed by atoms with Crippen LogP contribution in [0.2, 0.25) is 0 Å². The van der Waals surface area contributed by atoms with Gasteiger partial charge in [-0.25, -0.2) is 4.79 Å². The van der Waals surface area contributed by atoms with Crippen molar-refractivity contribution in [2.75, 3.05) is 6.61 Å². The number of benzene rings is 2. The van der Waals surface area contributed by atoms with E-state index in [2.05, 4.69) is 34.6 Å². The molecule has 0 heterocycles. The number of ether oxygens (including phenoxy) is 1. The molecule has 3 atom stereocenters. The summed E-state index contributed by atoms with van der Waals surface area (Å²) in [6.07, 6.45) is 2.21. The number of carbonyl (C=O) groups excluding carboxylic acids is 2. The minimum absolute atomic E-state index is 0.0885. The van der Waals surface area contributed by atoms with Crippen molar-refractivity contribution in [2.24, 2.45) is 5.92 Å². The molecule has 0 aliphatic heterocycles. The van der Waals surface area contributed by atoms with Gasteiger partial charge in [-0.3, -0.25) is 9.59 Å². The van der Waals surface area contributed by atoms with Crippen LogP contribution in [0, 0.1) is 17.8 Å². The van der Waals surface area contributed by atoms with Crippen molar-refractivity contribution >= 4 is 18.0 Å². The second-order valence-corrected chi connectivity index (χ2v) is 9.00. The number of carbonyl (C=O) groups is 3. The topological polar surface area (TPSA) is 105 Å². The first kappa shape index (κ1) is 24.3. The number of alkyl carbamates (subject to hydrolysis) is 1. The van der Waals surface area contributed by atoms with E-state index in [1.54, 1.807) is 6.92 Å². The highest BCUT2D eigenvalue weighted by molar-refractivity contribution is 5.87.